The SMILES string of the molecule is FC(F)CC1(c2ccccc2)CC(CBr)C1. The van der Waals surface area contributed by atoms with Crippen molar-refractivity contribution in [3.8, 4) is 0 Å². The third-order valence-corrected chi connectivity index (χ3v) is 4.42. The first-order valence-electron chi connectivity index (χ1n) is 5.56. The first-order chi connectivity index (χ1) is 7.66. The van der Waals surface area contributed by atoms with E-state index in [1.807, 2.05) is 30.3 Å². The van der Waals surface area contributed by atoms with E-state index < -0.39 is 6.43 Å². The van der Waals surface area contributed by atoms with Crippen molar-refractivity contribution in [2.45, 2.75) is 31.1 Å². The molecule has 1 aliphatic carbocycles. The Morgan fingerprint density at radius 3 is 2.38 bits per heavy atom. The Morgan fingerprint density at radius 2 is 1.88 bits per heavy atom. The highest BCUT2D eigenvalue weighted by molar-refractivity contribution is 9.09. The first-order valence-corrected chi connectivity index (χ1v) is 6.68. The highest BCUT2D eigenvalue weighted by Crippen LogP contribution is 2.51. The van der Waals surface area contributed by atoms with E-state index >= 15 is 0 Å². The lowest BCUT2D eigenvalue weighted by molar-refractivity contribution is 0.0479. The van der Waals surface area contributed by atoms with Crippen LogP contribution in [0.3, 0.4) is 0 Å². The molecule has 3 heteroatoms. The number of alkyl halides is 3. The Hall–Kier alpha value is -0.440. The average molecular weight is 289 g/mol. The van der Waals surface area contributed by atoms with Gasteiger partial charge in [0.05, 0.1) is 0 Å². The van der Waals surface area contributed by atoms with Gasteiger partial charge in [0.15, 0.2) is 0 Å². The second-order valence-electron chi connectivity index (χ2n) is 4.67. The summed E-state index contributed by atoms with van der Waals surface area (Å²) in [6.45, 7) is 0. The summed E-state index contributed by atoms with van der Waals surface area (Å²) in [5.41, 5.74) is 0.806. The van der Waals surface area contributed by atoms with Crippen molar-refractivity contribution >= 4 is 15.9 Å². The maximum atomic E-state index is 12.7. The van der Waals surface area contributed by atoms with E-state index in [0.29, 0.717) is 5.92 Å². The second kappa shape index (κ2) is 4.82. The molecule has 1 aliphatic rings. The number of hydrogen-bond donors (Lipinski definition) is 0. The van der Waals surface area contributed by atoms with E-state index in [0.717, 1.165) is 23.7 Å². The van der Waals surface area contributed by atoms with Crippen molar-refractivity contribution < 1.29 is 8.78 Å². The molecule has 1 aromatic carbocycles. The normalized spacial score (nSPS) is 29.1. The van der Waals surface area contributed by atoms with Crippen LogP contribution < -0.4 is 0 Å². The van der Waals surface area contributed by atoms with E-state index in [9.17, 15) is 8.78 Å². The first kappa shape index (κ1) is 12.0. The van der Waals surface area contributed by atoms with Gasteiger partial charge in [0, 0.05) is 17.2 Å². The molecule has 1 fully saturated rings. The summed E-state index contributed by atoms with van der Waals surface area (Å²) in [5, 5.41) is 0.921. The van der Waals surface area contributed by atoms with Crippen LogP contribution in [-0.2, 0) is 5.41 Å². The van der Waals surface area contributed by atoms with Gasteiger partial charge in [0.25, 0.3) is 0 Å². The molecule has 1 aromatic rings. The molecule has 0 N–H and O–H groups in total. The van der Waals surface area contributed by atoms with E-state index in [-0.39, 0.29) is 11.8 Å². The lowest BCUT2D eigenvalue weighted by Crippen LogP contribution is -2.43. The zero-order chi connectivity index (χ0) is 11.6. The Bertz CT molecular complexity index is 331. The summed E-state index contributed by atoms with van der Waals surface area (Å²) in [6.07, 6.45) is -0.448. The predicted molar refractivity (Wildman–Crippen MR) is 65.3 cm³/mol. The monoisotopic (exact) mass is 288 g/mol. The lowest BCUT2D eigenvalue weighted by atomic mass is 9.57. The summed E-state index contributed by atoms with van der Waals surface area (Å²) >= 11 is 3.43. The average Bonchev–Trinajstić information content (AvgIpc) is 2.23. The maximum Gasteiger partial charge on any atom is 0.239 e. The van der Waals surface area contributed by atoms with Gasteiger partial charge in [-0.15, -0.1) is 0 Å². The molecular formula is C13H15BrF2. The molecule has 0 radical (unpaired) electrons. The number of hydrogen-bond acceptors (Lipinski definition) is 0. The predicted octanol–water partition coefficient (Wildman–Crippen LogP) is 4.38. The molecule has 0 bridgehead atoms. The van der Waals surface area contributed by atoms with Crippen LogP contribution in [0.2, 0.25) is 0 Å². The van der Waals surface area contributed by atoms with Crippen LogP contribution in [0.1, 0.15) is 24.8 Å². The van der Waals surface area contributed by atoms with Crippen molar-refractivity contribution in [3.63, 3.8) is 0 Å². The minimum absolute atomic E-state index is 0.000509. The summed E-state index contributed by atoms with van der Waals surface area (Å²) in [6, 6.07) is 9.76. The van der Waals surface area contributed by atoms with Crippen LogP contribution in [0, 0.1) is 5.92 Å². The fourth-order valence-electron chi connectivity index (χ4n) is 2.76. The second-order valence-corrected chi connectivity index (χ2v) is 5.32. The molecular weight excluding hydrogens is 274 g/mol. The van der Waals surface area contributed by atoms with Crippen molar-refractivity contribution in [1.82, 2.24) is 0 Å². The lowest BCUT2D eigenvalue weighted by Gasteiger charge is -2.48. The summed E-state index contributed by atoms with van der Waals surface area (Å²) in [4.78, 5) is 0. The summed E-state index contributed by atoms with van der Waals surface area (Å²) in [7, 11) is 0. The fourth-order valence-corrected chi connectivity index (χ4v) is 3.22. The molecule has 0 amide bonds. The molecule has 0 spiro atoms. The molecule has 0 heterocycles. The smallest absolute Gasteiger partial charge is 0.211 e. The van der Waals surface area contributed by atoms with Gasteiger partial charge in [-0.3, -0.25) is 0 Å². The fraction of sp³-hybridized carbons (Fsp3) is 0.538. The molecule has 16 heavy (non-hydrogen) atoms. The van der Waals surface area contributed by atoms with Gasteiger partial charge in [-0.25, -0.2) is 8.78 Å². The minimum atomic E-state index is -2.21. The Balaban J connectivity index is 2.17. The van der Waals surface area contributed by atoms with Crippen molar-refractivity contribution in [2.75, 3.05) is 5.33 Å². The topological polar surface area (TPSA) is 0 Å². The number of halogens is 3. The summed E-state index contributed by atoms with van der Waals surface area (Å²) in [5.74, 6) is 0.555. The number of benzene rings is 1. The standard InChI is InChI=1S/C13H15BrF2/c14-9-10-6-13(7-10,8-12(15)16)11-4-2-1-3-5-11/h1-5,10,12H,6-9H2. The third-order valence-electron chi connectivity index (χ3n) is 3.51. The third kappa shape index (κ3) is 2.29. The zero-order valence-corrected chi connectivity index (χ0v) is 10.6. The van der Waals surface area contributed by atoms with Gasteiger partial charge in [0.1, 0.15) is 0 Å². The van der Waals surface area contributed by atoms with Crippen LogP contribution in [0.4, 0.5) is 8.78 Å². The summed E-state index contributed by atoms with van der Waals surface area (Å²) < 4.78 is 25.3. The molecule has 0 nitrogen and oxygen atoms in total. The van der Waals surface area contributed by atoms with Crippen LogP contribution in [0.5, 0.6) is 0 Å². The van der Waals surface area contributed by atoms with E-state index in [1.165, 1.54) is 0 Å². The van der Waals surface area contributed by atoms with Gasteiger partial charge in [-0.1, -0.05) is 46.3 Å². The minimum Gasteiger partial charge on any atom is -0.211 e. The molecule has 0 saturated heterocycles. The van der Waals surface area contributed by atoms with Crippen molar-refractivity contribution in [3.05, 3.63) is 35.9 Å². The molecule has 0 aromatic heterocycles. The largest absolute Gasteiger partial charge is 0.239 e. The molecule has 0 aliphatic heterocycles. The van der Waals surface area contributed by atoms with Crippen LogP contribution in [0.15, 0.2) is 30.3 Å². The van der Waals surface area contributed by atoms with E-state index in [1.54, 1.807) is 0 Å². The quantitative estimate of drug-likeness (QED) is 0.721. The van der Waals surface area contributed by atoms with Crippen molar-refractivity contribution in [2.24, 2.45) is 5.92 Å². The van der Waals surface area contributed by atoms with Gasteiger partial charge in [0.2, 0.25) is 6.43 Å². The van der Waals surface area contributed by atoms with E-state index in [2.05, 4.69) is 15.9 Å². The van der Waals surface area contributed by atoms with Gasteiger partial charge in [-0.05, 0) is 24.3 Å². The zero-order valence-electron chi connectivity index (χ0n) is 9.00. The highest BCUT2D eigenvalue weighted by atomic mass is 79.9. The van der Waals surface area contributed by atoms with Crippen molar-refractivity contribution in [1.29, 1.82) is 0 Å². The van der Waals surface area contributed by atoms with Gasteiger partial charge in [-0.2, -0.15) is 0 Å². The maximum absolute atomic E-state index is 12.7. The molecule has 2 rings (SSSR count). The Morgan fingerprint density at radius 1 is 1.25 bits per heavy atom. The Kier molecular flexibility index (Phi) is 3.63. The van der Waals surface area contributed by atoms with E-state index in [4.69, 9.17) is 0 Å². The van der Waals surface area contributed by atoms with Gasteiger partial charge >= 0.3 is 0 Å². The van der Waals surface area contributed by atoms with Crippen LogP contribution in [-0.4, -0.2) is 11.8 Å². The van der Waals surface area contributed by atoms with Gasteiger partial charge < -0.3 is 0 Å². The molecule has 1 saturated carbocycles. The highest BCUT2D eigenvalue weighted by Gasteiger charge is 2.46. The Labute approximate surface area is 103 Å². The number of rotatable bonds is 4. The molecule has 0 unspecified atom stereocenters. The van der Waals surface area contributed by atoms with Crippen LogP contribution in [0.25, 0.3) is 0 Å². The molecule has 88 valence electrons. The molecule has 0 atom stereocenters. The van der Waals surface area contributed by atoms with Crippen LogP contribution >= 0.6 is 15.9 Å².